The zero-order valence-electron chi connectivity index (χ0n) is 17.7. The summed E-state index contributed by atoms with van der Waals surface area (Å²) in [5.74, 6) is -0.401. The summed E-state index contributed by atoms with van der Waals surface area (Å²) in [6.45, 7) is 4.48. The Bertz CT molecular complexity index is 1070. The van der Waals surface area contributed by atoms with Gasteiger partial charge in [0.05, 0.1) is 5.56 Å². The molecule has 2 N–H and O–H groups in total. The predicted octanol–water partition coefficient (Wildman–Crippen LogP) is 5.45. The summed E-state index contributed by atoms with van der Waals surface area (Å²) in [5.41, 5.74) is 2.88. The summed E-state index contributed by atoms with van der Waals surface area (Å²) in [6, 6.07) is 14.5. The number of carbonyl (C=O) groups is 2. The molecule has 0 bridgehead atoms. The van der Waals surface area contributed by atoms with Gasteiger partial charge in [0.15, 0.2) is 5.69 Å². The summed E-state index contributed by atoms with van der Waals surface area (Å²) in [4.78, 5) is 28.2. The highest BCUT2D eigenvalue weighted by Gasteiger charge is 2.22. The van der Waals surface area contributed by atoms with Gasteiger partial charge in [0.25, 0.3) is 0 Å². The summed E-state index contributed by atoms with van der Waals surface area (Å²) < 4.78 is 1.80. The van der Waals surface area contributed by atoms with E-state index in [4.69, 9.17) is 0 Å². The molecule has 0 aliphatic carbocycles. The van der Waals surface area contributed by atoms with E-state index in [2.05, 4.69) is 11.9 Å². The van der Waals surface area contributed by atoms with Gasteiger partial charge >= 0.3 is 11.9 Å². The van der Waals surface area contributed by atoms with Crippen molar-refractivity contribution >= 4 is 23.7 Å². The van der Waals surface area contributed by atoms with Crippen LogP contribution in [-0.2, 0) is 13.0 Å². The quantitative estimate of drug-likeness (QED) is 0.409. The Balaban J connectivity index is 1.95. The van der Waals surface area contributed by atoms with E-state index < -0.39 is 11.9 Å². The molecule has 31 heavy (non-hydrogen) atoms. The lowest BCUT2D eigenvalue weighted by Gasteiger charge is -2.12. The first-order valence-electron chi connectivity index (χ1n) is 10.3. The SMILES string of the molecule is CCCCc1nc(SCC)c(C(=O)O)n1Cc1ccc(-c2ccccc2C(=O)O)cc1. The molecule has 1 aromatic heterocycles. The number of hydrogen-bond donors (Lipinski definition) is 2. The van der Waals surface area contributed by atoms with Gasteiger partial charge in [-0.05, 0) is 34.9 Å². The van der Waals surface area contributed by atoms with Crippen LogP contribution in [-0.4, -0.2) is 37.5 Å². The third-order valence-electron chi connectivity index (χ3n) is 5.02. The number of thioether (sulfide) groups is 1. The smallest absolute Gasteiger partial charge is 0.355 e. The van der Waals surface area contributed by atoms with Crippen LogP contribution in [0.2, 0.25) is 0 Å². The van der Waals surface area contributed by atoms with Gasteiger partial charge in [-0.1, -0.05) is 62.7 Å². The lowest BCUT2D eigenvalue weighted by atomic mass is 9.99. The zero-order valence-corrected chi connectivity index (χ0v) is 18.5. The highest BCUT2D eigenvalue weighted by molar-refractivity contribution is 7.99. The number of imidazole rings is 1. The number of nitrogens with zero attached hydrogens (tertiary/aromatic N) is 2. The number of unbranched alkanes of at least 4 members (excludes halogenated alkanes) is 1. The number of carboxylic acids is 2. The molecular formula is C24H26N2O4S. The van der Waals surface area contributed by atoms with E-state index in [-0.39, 0.29) is 11.3 Å². The topological polar surface area (TPSA) is 92.4 Å². The molecule has 3 rings (SSSR count). The molecule has 0 aliphatic rings. The molecule has 7 heteroatoms. The number of aryl methyl sites for hydroxylation is 1. The van der Waals surface area contributed by atoms with Gasteiger partial charge in [0.2, 0.25) is 0 Å². The maximum absolute atomic E-state index is 12.0. The number of benzene rings is 2. The van der Waals surface area contributed by atoms with Crippen molar-refractivity contribution in [1.82, 2.24) is 9.55 Å². The van der Waals surface area contributed by atoms with Crippen LogP contribution >= 0.6 is 11.8 Å². The van der Waals surface area contributed by atoms with Crippen LogP contribution in [0, 0.1) is 0 Å². The van der Waals surface area contributed by atoms with Gasteiger partial charge in [0, 0.05) is 13.0 Å². The minimum Gasteiger partial charge on any atom is -0.478 e. The summed E-state index contributed by atoms with van der Waals surface area (Å²) in [7, 11) is 0. The second-order valence-corrected chi connectivity index (χ2v) is 8.41. The van der Waals surface area contributed by atoms with Crippen LogP contribution in [0.15, 0.2) is 53.6 Å². The van der Waals surface area contributed by atoms with E-state index in [1.54, 1.807) is 22.8 Å². The fourth-order valence-electron chi connectivity index (χ4n) is 3.51. The van der Waals surface area contributed by atoms with E-state index in [1.807, 2.05) is 37.3 Å². The number of aromatic carboxylic acids is 2. The third kappa shape index (κ3) is 5.17. The summed E-state index contributed by atoms with van der Waals surface area (Å²) in [5, 5.41) is 19.8. The van der Waals surface area contributed by atoms with E-state index in [0.717, 1.165) is 42.0 Å². The average Bonchev–Trinajstić information content (AvgIpc) is 3.10. The Morgan fingerprint density at radius 2 is 1.71 bits per heavy atom. The molecule has 0 saturated carbocycles. The van der Waals surface area contributed by atoms with Gasteiger partial charge in [0.1, 0.15) is 10.9 Å². The van der Waals surface area contributed by atoms with E-state index in [9.17, 15) is 19.8 Å². The molecule has 3 aromatic rings. The lowest BCUT2D eigenvalue weighted by Crippen LogP contribution is -2.13. The van der Waals surface area contributed by atoms with Crippen LogP contribution in [0.4, 0.5) is 0 Å². The molecule has 2 aromatic carbocycles. The minimum absolute atomic E-state index is 0.234. The Hall–Kier alpha value is -3.06. The average molecular weight is 439 g/mol. The molecule has 1 heterocycles. The van der Waals surface area contributed by atoms with Gasteiger partial charge in [-0.2, -0.15) is 0 Å². The van der Waals surface area contributed by atoms with Crippen molar-refractivity contribution in [1.29, 1.82) is 0 Å². The Labute approximate surface area is 186 Å². The molecular weight excluding hydrogens is 412 g/mol. The molecule has 0 fully saturated rings. The monoisotopic (exact) mass is 438 g/mol. The molecule has 0 saturated heterocycles. The summed E-state index contributed by atoms with van der Waals surface area (Å²) in [6.07, 6.45) is 2.67. The van der Waals surface area contributed by atoms with Crippen molar-refractivity contribution in [3.63, 3.8) is 0 Å². The molecule has 0 atom stereocenters. The molecule has 162 valence electrons. The van der Waals surface area contributed by atoms with Gasteiger partial charge < -0.3 is 14.8 Å². The van der Waals surface area contributed by atoms with Crippen molar-refractivity contribution in [2.45, 2.75) is 44.7 Å². The standard InChI is InChI=1S/C24H26N2O4S/c1-3-5-10-20-25-22(31-4-2)21(24(29)30)26(20)15-16-11-13-17(14-12-16)18-8-6-7-9-19(18)23(27)28/h6-9,11-14H,3-5,10,15H2,1-2H3,(H,27,28)(H,29,30). The highest BCUT2D eigenvalue weighted by atomic mass is 32.2. The van der Waals surface area contributed by atoms with Crippen LogP contribution in [0.5, 0.6) is 0 Å². The second kappa shape index (κ2) is 10.3. The van der Waals surface area contributed by atoms with Gasteiger partial charge in [-0.3, -0.25) is 0 Å². The van der Waals surface area contributed by atoms with Crippen LogP contribution in [0.1, 0.15) is 58.9 Å². The Kier molecular flexibility index (Phi) is 7.52. The maximum Gasteiger partial charge on any atom is 0.355 e. The number of hydrogen-bond acceptors (Lipinski definition) is 4. The van der Waals surface area contributed by atoms with Gasteiger partial charge in [-0.15, -0.1) is 11.8 Å². The highest BCUT2D eigenvalue weighted by Crippen LogP contribution is 2.27. The van der Waals surface area contributed by atoms with Crippen LogP contribution < -0.4 is 0 Å². The van der Waals surface area contributed by atoms with Crippen molar-refractivity contribution in [3.8, 4) is 11.1 Å². The van der Waals surface area contributed by atoms with E-state index >= 15 is 0 Å². The van der Waals surface area contributed by atoms with Crippen LogP contribution in [0.3, 0.4) is 0 Å². The van der Waals surface area contributed by atoms with Crippen molar-refractivity contribution in [2.75, 3.05) is 5.75 Å². The minimum atomic E-state index is -0.974. The molecule has 0 unspecified atom stereocenters. The molecule has 0 amide bonds. The Morgan fingerprint density at radius 1 is 1.00 bits per heavy atom. The fourth-order valence-corrected chi connectivity index (χ4v) is 4.29. The van der Waals surface area contributed by atoms with Crippen molar-refractivity contribution in [2.24, 2.45) is 0 Å². The fraction of sp³-hybridized carbons (Fsp3) is 0.292. The molecule has 0 aliphatic heterocycles. The normalized spacial score (nSPS) is 10.9. The van der Waals surface area contributed by atoms with Crippen molar-refractivity contribution in [3.05, 3.63) is 71.2 Å². The second-order valence-electron chi connectivity index (χ2n) is 7.16. The van der Waals surface area contributed by atoms with Gasteiger partial charge in [-0.25, -0.2) is 14.6 Å². The summed E-state index contributed by atoms with van der Waals surface area (Å²) >= 11 is 1.44. The first-order chi connectivity index (χ1) is 15.0. The predicted molar refractivity (Wildman–Crippen MR) is 122 cm³/mol. The molecule has 0 radical (unpaired) electrons. The first-order valence-corrected chi connectivity index (χ1v) is 11.3. The van der Waals surface area contributed by atoms with Crippen LogP contribution in [0.25, 0.3) is 11.1 Å². The van der Waals surface area contributed by atoms with E-state index in [0.29, 0.717) is 17.1 Å². The largest absolute Gasteiger partial charge is 0.478 e. The Morgan fingerprint density at radius 3 is 2.32 bits per heavy atom. The number of aromatic nitrogens is 2. The number of carboxylic acid groups (broad SMARTS) is 2. The first kappa shape index (κ1) is 22.6. The maximum atomic E-state index is 12.0. The van der Waals surface area contributed by atoms with Crippen molar-refractivity contribution < 1.29 is 19.8 Å². The van der Waals surface area contributed by atoms with E-state index in [1.165, 1.54) is 11.8 Å². The molecule has 6 nitrogen and oxygen atoms in total. The third-order valence-corrected chi connectivity index (χ3v) is 5.86. The lowest BCUT2D eigenvalue weighted by molar-refractivity contribution is 0.0675. The molecule has 0 spiro atoms. The number of rotatable bonds is 10. The zero-order chi connectivity index (χ0) is 22.4.